The Balaban J connectivity index is 1.56. The van der Waals surface area contributed by atoms with Crippen molar-refractivity contribution in [2.24, 2.45) is 0 Å². The lowest BCUT2D eigenvalue weighted by Crippen LogP contribution is -2.45. The van der Waals surface area contributed by atoms with E-state index in [-0.39, 0.29) is 11.3 Å². The second-order valence-corrected chi connectivity index (χ2v) is 6.78. The molecule has 1 unspecified atom stereocenters. The molecule has 0 spiro atoms. The van der Waals surface area contributed by atoms with E-state index in [0.29, 0.717) is 17.3 Å². The van der Waals surface area contributed by atoms with Crippen LogP contribution in [0.1, 0.15) is 30.4 Å². The lowest BCUT2D eigenvalue weighted by atomic mass is 10.1. The molecule has 2 N–H and O–H groups in total. The molecule has 0 aliphatic heterocycles. The lowest BCUT2D eigenvalue weighted by Gasteiger charge is -2.15. The molecule has 1 atom stereocenters. The molecule has 2 amide bonds. The molecule has 9 nitrogen and oxygen atoms in total. The number of hydrogen-bond donors (Lipinski definition) is 2. The van der Waals surface area contributed by atoms with E-state index in [4.69, 9.17) is 0 Å². The van der Waals surface area contributed by atoms with Crippen LogP contribution in [0.3, 0.4) is 0 Å². The fourth-order valence-electron chi connectivity index (χ4n) is 3.31. The van der Waals surface area contributed by atoms with Crippen molar-refractivity contribution in [1.82, 2.24) is 30.2 Å². The zero-order valence-corrected chi connectivity index (χ0v) is 16.5. The minimum Gasteiger partial charge on any atom is -0.318 e. The molecule has 0 aliphatic rings. The van der Waals surface area contributed by atoms with E-state index >= 15 is 0 Å². The van der Waals surface area contributed by atoms with Crippen LogP contribution in [-0.4, -0.2) is 31.1 Å². The van der Waals surface area contributed by atoms with Crippen molar-refractivity contribution in [3.05, 3.63) is 70.9 Å². The molecule has 2 aromatic carbocycles. The molecule has 0 radical (unpaired) electrons. The van der Waals surface area contributed by atoms with E-state index in [1.165, 1.54) is 4.68 Å². The van der Waals surface area contributed by atoms with Crippen LogP contribution in [0, 0.1) is 0 Å². The van der Waals surface area contributed by atoms with Crippen LogP contribution >= 0.6 is 0 Å². The Morgan fingerprint density at radius 2 is 1.73 bits per heavy atom. The Morgan fingerprint density at radius 1 is 1.03 bits per heavy atom. The van der Waals surface area contributed by atoms with Gasteiger partial charge in [0.25, 0.3) is 17.4 Å². The van der Waals surface area contributed by atoms with E-state index in [0.717, 1.165) is 11.0 Å². The molecule has 2 heterocycles. The van der Waals surface area contributed by atoms with Crippen LogP contribution in [0.25, 0.3) is 21.8 Å². The molecule has 152 valence electrons. The highest BCUT2D eigenvalue weighted by atomic mass is 16.2. The first kappa shape index (κ1) is 19.3. The van der Waals surface area contributed by atoms with Crippen LogP contribution in [-0.2, 0) is 11.3 Å². The van der Waals surface area contributed by atoms with Crippen LogP contribution in [0.15, 0.2) is 59.7 Å². The number of carbonyl (C=O) groups excluding carboxylic acids is 2. The van der Waals surface area contributed by atoms with Crippen molar-refractivity contribution in [3.63, 3.8) is 0 Å². The maximum absolute atomic E-state index is 12.7. The van der Waals surface area contributed by atoms with Crippen LogP contribution in [0.4, 0.5) is 0 Å². The zero-order valence-electron chi connectivity index (χ0n) is 16.5. The first-order chi connectivity index (χ1) is 14.5. The average molecular weight is 404 g/mol. The number of benzene rings is 2. The summed E-state index contributed by atoms with van der Waals surface area (Å²) in [5.41, 5.74) is 6.22. The highest BCUT2D eigenvalue weighted by molar-refractivity contribution is 6.05. The number of hydrazine groups is 1. The molecule has 0 aliphatic carbocycles. The summed E-state index contributed by atoms with van der Waals surface area (Å²) in [4.78, 5) is 42.1. The largest absolute Gasteiger partial charge is 0.318 e. The first-order valence-electron chi connectivity index (χ1n) is 9.53. The number of carbonyl (C=O) groups is 2. The van der Waals surface area contributed by atoms with Gasteiger partial charge >= 0.3 is 0 Å². The maximum atomic E-state index is 12.7. The standard InChI is InChI=1S/C21H20N6O3/c1-3-27-21(30)15-9-5-4-8-14(15)18(25-27)20(29)24-23-19(28)13(2)26-12-22-16-10-6-7-11-17(16)26/h4-13H,3H2,1-2H3,(H,23,28)(H,24,29). The van der Waals surface area contributed by atoms with Crippen LogP contribution in [0.5, 0.6) is 0 Å². The molecular formula is C21H20N6O3. The van der Waals surface area contributed by atoms with Crippen molar-refractivity contribution in [2.45, 2.75) is 26.4 Å². The van der Waals surface area contributed by atoms with Crippen molar-refractivity contribution < 1.29 is 9.59 Å². The van der Waals surface area contributed by atoms with Gasteiger partial charge in [-0.2, -0.15) is 5.10 Å². The van der Waals surface area contributed by atoms with Gasteiger partial charge in [0.15, 0.2) is 5.69 Å². The summed E-state index contributed by atoms with van der Waals surface area (Å²) in [6.07, 6.45) is 1.59. The van der Waals surface area contributed by atoms with Gasteiger partial charge in [0, 0.05) is 11.9 Å². The van der Waals surface area contributed by atoms with Gasteiger partial charge in [0.05, 0.1) is 22.7 Å². The third-order valence-electron chi connectivity index (χ3n) is 4.96. The summed E-state index contributed by atoms with van der Waals surface area (Å²) in [7, 11) is 0. The Bertz CT molecular complexity index is 1320. The number of nitrogens with one attached hydrogen (secondary N) is 2. The number of fused-ring (bicyclic) bond motifs is 2. The Labute approximate surface area is 171 Å². The molecular weight excluding hydrogens is 384 g/mol. The van der Waals surface area contributed by atoms with Gasteiger partial charge in [-0.25, -0.2) is 9.67 Å². The molecule has 2 aromatic heterocycles. The summed E-state index contributed by atoms with van der Waals surface area (Å²) in [6, 6.07) is 13.6. The Hall–Kier alpha value is -4.01. The number of aryl methyl sites for hydroxylation is 1. The zero-order chi connectivity index (χ0) is 21.3. The molecule has 9 heteroatoms. The predicted molar refractivity (Wildman–Crippen MR) is 112 cm³/mol. The predicted octanol–water partition coefficient (Wildman–Crippen LogP) is 1.79. The fraction of sp³-hybridized carbons (Fsp3) is 0.190. The van der Waals surface area contributed by atoms with E-state index in [2.05, 4.69) is 20.9 Å². The monoisotopic (exact) mass is 404 g/mol. The summed E-state index contributed by atoms with van der Waals surface area (Å²) < 4.78 is 2.95. The van der Waals surface area contributed by atoms with E-state index in [1.807, 2.05) is 24.3 Å². The fourth-order valence-corrected chi connectivity index (χ4v) is 3.31. The molecule has 0 saturated heterocycles. The third-order valence-corrected chi connectivity index (χ3v) is 4.96. The number of nitrogens with zero attached hydrogens (tertiary/aromatic N) is 4. The normalized spacial score (nSPS) is 12.1. The average Bonchev–Trinajstić information content (AvgIpc) is 3.21. The first-order valence-corrected chi connectivity index (χ1v) is 9.53. The van der Waals surface area contributed by atoms with Gasteiger partial charge in [-0.15, -0.1) is 0 Å². The van der Waals surface area contributed by atoms with Gasteiger partial charge < -0.3 is 4.57 Å². The van der Waals surface area contributed by atoms with Crippen molar-refractivity contribution in [2.75, 3.05) is 0 Å². The summed E-state index contributed by atoms with van der Waals surface area (Å²) in [5, 5.41) is 4.97. The highest BCUT2D eigenvalue weighted by Gasteiger charge is 2.20. The molecule has 4 rings (SSSR count). The number of para-hydroxylation sites is 2. The van der Waals surface area contributed by atoms with Crippen molar-refractivity contribution in [1.29, 1.82) is 0 Å². The second kappa shape index (κ2) is 7.78. The smallest absolute Gasteiger partial charge is 0.290 e. The van der Waals surface area contributed by atoms with Gasteiger partial charge in [-0.05, 0) is 32.0 Å². The second-order valence-electron chi connectivity index (χ2n) is 6.78. The number of imidazole rings is 1. The number of rotatable bonds is 4. The highest BCUT2D eigenvalue weighted by Crippen LogP contribution is 2.17. The molecule has 0 bridgehead atoms. The maximum Gasteiger partial charge on any atom is 0.290 e. The van der Waals surface area contributed by atoms with Crippen molar-refractivity contribution >= 4 is 33.6 Å². The molecule has 4 aromatic rings. The topological polar surface area (TPSA) is 111 Å². The minimum atomic E-state index is -0.607. The SMILES string of the molecule is CCn1nc(C(=O)NNC(=O)C(C)n2cnc3ccccc32)c2ccccc2c1=O. The Morgan fingerprint density at radius 3 is 2.50 bits per heavy atom. The van der Waals surface area contributed by atoms with Gasteiger partial charge in [-0.1, -0.05) is 30.3 Å². The molecule has 30 heavy (non-hydrogen) atoms. The third kappa shape index (κ3) is 3.30. The molecule has 0 fully saturated rings. The summed E-state index contributed by atoms with van der Waals surface area (Å²) >= 11 is 0. The number of hydrogen-bond acceptors (Lipinski definition) is 5. The molecule has 0 saturated carbocycles. The van der Waals surface area contributed by atoms with Crippen LogP contribution in [0.2, 0.25) is 0 Å². The van der Waals surface area contributed by atoms with E-state index in [9.17, 15) is 14.4 Å². The summed E-state index contributed by atoms with van der Waals surface area (Å²) in [6.45, 7) is 3.80. The minimum absolute atomic E-state index is 0.0630. The van der Waals surface area contributed by atoms with Crippen LogP contribution < -0.4 is 16.4 Å². The van der Waals surface area contributed by atoms with E-state index in [1.54, 1.807) is 49.0 Å². The quantitative estimate of drug-likeness (QED) is 0.504. The van der Waals surface area contributed by atoms with E-state index < -0.39 is 17.9 Å². The Kier molecular flexibility index (Phi) is 5.01. The van der Waals surface area contributed by atoms with Gasteiger partial charge in [0.2, 0.25) is 0 Å². The van der Waals surface area contributed by atoms with Crippen molar-refractivity contribution in [3.8, 4) is 0 Å². The number of amides is 2. The van der Waals surface area contributed by atoms with Gasteiger partial charge in [-0.3, -0.25) is 25.2 Å². The lowest BCUT2D eigenvalue weighted by molar-refractivity contribution is -0.124. The van der Waals surface area contributed by atoms with Gasteiger partial charge in [0.1, 0.15) is 6.04 Å². The summed E-state index contributed by atoms with van der Waals surface area (Å²) in [5.74, 6) is -1.02. The number of aromatic nitrogens is 4.